The van der Waals surface area contributed by atoms with Crippen LogP contribution in [0.2, 0.25) is 31.2 Å². The van der Waals surface area contributed by atoms with Crippen molar-refractivity contribution in [1.29, 1.82) is 0 Å². The van der Waals surface area contributed by atoms with Gasteiger partial charge in [-0.05, 0) is 39.9 Å². The number of methoxy groups -OCH3 is 1. The zero-order valence-electron chi connectivity index (χ0n) is 20.3. The zero-order valence-corrected chi connectivity index (χ0v) is 22.3. The molecule has 0 amide bonds. The second-order valence-electron chi connectivity index (χ2n) is 10.8. The summed E-state index contributed by atoms with van der Waals surface area (Å²) in [6, 6.07) is 15.7. The van der Waals surface area contributed by atoms with Crippen LogP contribution in [0.3, 0.4) is 0 Å². The highest BCUT2D eigenvalue weighted by atomic mass is 28.3. The second kappa shape index (κ2) is 8.01. The lowest BCUT2D eigenvalue weighted by Gasteiger charge is -2.40. The van der Waals surface area contributed by atoms with Crippen LogP contribution < -0.4 is 15.1 Å². The lowest BCUT2D eigenvalue weighted by Crippen LogP contribution is -2.54. The highest BCUT2D eigenvalue weighted by Crippen LogP contribution is 2.39. The summed E-state index contributed by atoms with van der Waals surface area (Å²) in [5.41, 5.74) is 4.11. The predicted octanol–water partition coefficient (Wildman–Crippen LogP) is 6.59. The van der Waals surface area contributed by atoms with Gasteiger partial charge in [0.2, 0.25) is 0 Å². The fraction of sp³-hybridized carbons (Fsp3) is 0.407. The molecule has 0 unspecified atom stereocenters. The Bertz CT molecular complexity index is 990. The van der Waals surface area contributed by atoms with Gasteiger partial charge in [0.05, 0.1) is 15.2 Å². The van der Waals surface area contributed by atoms with Crippen molar-refractivity contribution in [2.75, 3.05) is 7.11 Å². The standard InChI is InChI=1S/C27H38OSi2/c1-20-18-24(26(28-5)25(19-20)30(8,9)27(2,3)4)29(6,7)23-17-13-16-22(23)21-14-11-10-12-15-21/h10-16,18-19H,17H2,1-9H3. The first-order chi connectivity index (χ1) is 13.9. The molecule has 0 radical (unpaired) electrons. The monoisotopic (exact) mass is 434 g/mol. The molecular weight excluding hydrogens is 396 g/mol. The molecule has 0 atom stereocenters. The smallest absolute Gasteiger partial charge is 0.117 e. The molecule has 3 heteroatoms. The van der Waals surface area contributed by atoms with Gasteiger partial charge in [-0.2, -0.15) is 0 Å². The third-order valence-corrected chi connectivity index (χ3v) is 16.6. The number of benzene rings is 2. The van der Waals surface area contributed by atoms with E-state index in [4.69, 9.17) is 4.74 Å². The van der Waals surface area contributed by atoms with Crippen LogP contribution in [0.4, 0.5) is 0 Å². The molecule has 0 bridgehead atoms. The molecule has 0 N–H and O–H groups in total. The van der Waals surface area contributed by atoms with Crippen molar-refractivity contribution in [3.05, 3.63) is 70.9 Å². The van der Waals surface area contributed by atoms with Gasteiger partial charge < -0.3 is 4.74 Å². The van der Waals surface area contributed by atoms with Crippen molar-refractivity contribution >= 4 is 32.1 Å². The second-order valence-corrected chi connectivity index (χ2v) is 20.4. The van der Waals surface area contributed by atoms with Crippen molar-refractivity contribution in [3.8, 4) is 5.75 Å². The predicted molar refractivity (Wildman–Crippen MR) is 139 cm³/mol. The highest BCUT2D eigenvalue weighted by molar-refractivity contribution is 6.98. The zero-order chi connectivity index (χ0) is 22.3. The minimum absolute atomic E-state index is 0.264. The van der Waals surface area contributed by atoms with E-state index in [0.29, 0.717) is 0 Å². The molecule has 160 valence electrons. The van der Waals surface area contributed by atoms with Gasteiger partial charge in [-0.15, -0.1) is 0 Å². The molecule has 1 aliphatic carbocycles. The SMILES string of the molecule is COc1c([Si](C)(C)C2=C(c3ccccc3)C=CC2)cc(C)cc1[Si](C)(C)C(C)(C)C. The Morgan fingerprint density at radius 2 is 1.50 bits per heavy atom. The molecule has 1 aliphatic rings. The summed E-state index contributed by atoms with van der Waals surface area (Å²) < 4.78 is 6.23. The molecule has 0 aliphatic heterocycles. The number of aryl methyl sites for hydroxylation is 1. The summed E-state index contributed by atoms with van der Waals surface area (Å²) in [6.07, 6.45) is 5.72. The molecule has 0 saturated heterocycles. The maximum absolute atomic E-state index is 6.23. The van der Waals surface area contributed by atoms with Gasteiger partial charge in [-0.1, -0.05) is 112 Å². The van der Waals surface area contributed by atoms with Gasteiger partial charge in [0, 0.05) is 0 Å². The molecule has 0 heterocycles. The molecular formula is C27H38OSi2. The van der Waals surface area contributed by atoms with Crippen molar-refractivity contribution in [2.45, 2.75) is 65.3 Å². The van der Waals surface area contributed by atoms with Crippen LogP contribution in [0.5, 0.6) is 5.75 Å². The Kier molecular flexibility index (Phi) is 6.10. The normalized spacial score (nSPS) is 15.1. The van der Waals surface area contributed by atoms with E-state index in [-0.39, 0.29) is 5.04 Å². The van der Waals surface area contributed by atoms with E-state index >= 15 is 0 Å². The Balaban J connectivity index is 2.25. The van der Waals surface area contributed by atoms with Crippen LogP contribution >= 0.6 is 0 Å². The lowest BCUT2D eigenvalue weighted by atomic mass is 10.1. The maximum Gasteiger partial charge on any atom is 0.117 e. The Morgan fingerprint density at radius 3 is 2.07 bits per heavy atom. The van der Waals surface area contributed by atoms with E-state index in [9.17, 15) is 0 Å². The lowest BCUT2D eigenvalue weighted by molar-refractivity contribution is 0.420. The van der Waals surface area contributed by atoms with E-state index in [1.807, 2.05) is 7.11 Å². The summed E-state index contributed by atoms with van der Waals surface area (Å²) in [6.45, 7) is 19.4. The van der Waals surface area contributed by atoms with E-state index in [2.05, 4.69) is 108 Å². The number of allylic oxidation sites excluding steroid dienone is 4. The molecule has 30 heavy (non-hydrogen) atoms. The highest BCUT2D eigenvalue weighted by Gasteiger charge is 2.42. The van der Waals surface area contributed by atoms with Crippen molar-refractivity contribution in [2.24, 2.45) is 0 Å². The van der Waals surface area contributed by atoms with Crippen LogP contribution in [-0.4, -0.2) is 23.3 Å². The third-order valence-electron chi connectivity index (χ3n) is 7.43. The van der Waals surface area contributed by atoms with E-state index in [0.717, 1.165) is 12.2 Å². The Hall–Kier alpha value is -1.85. The molecule has 2 aromatic carbocycles. The Labute approximate surface area is 185 Å². The summed E-state index contributed by atoms with van der Waals surface area (Å²) >= 11 is 0. The van der Waals surface area contributed by atoms with Gasteiger partial charge in [0.15, 0.2) is 0 Å². The molecule has 0 spiro atoms. The number of hydrogen-bond acceptors (Lipinski definition) is 1. The third kappa shape index (κ3) is 3.90. The van der Waals surface area contributed by atoms with Gasteiger partial charge in [-0.3, -0.25) is 0 Å². The van der Waals surface area contributed by atoms with Crippen LogP contribution in [-0.2, 0) is 0 Å². The first-order valence-electron chi connectivity index (χ1n) is 11.1. The average Bonchev–Trinajstić information content (AvgIpc) is 3.18. The summed E-state index contributed by atoms with van der Waals surface area (Å²) in [4.78, 5) is 0. The fourth-order valence-corrected chi connectivity index (χ4v) is 10.0. The van der Waals surface area contributed by atoms with E-state index in [1.165, 1.54) is 27.1 Å². The van der Waals surface area contributed by atoms with Crippen LogP contribution in [0.15, 0.2) is 59.8 Å². The first-order valence-corrected chi connectivity index (χ1v) is 17.1. The number of hydrogen-bond donors (Lipinski definition) is 0. The average molecular weight is 435 g/mol. The minimum atomic E-state index is -1.94. The molecule has 0 saturated carbocycles. The quantitative estimate of drug-likeness (QED) is 0.482. The van der Waals surface area contributed by atoms with Gasteiger partial charge in [0.25, 0.3) is 0 Å². The van der Waals surface area contributed by atoms with Crippen molar-refractivity contribution in [3.63, 3.8) is 0 Å². The largest absolute Gasteiger partial charge is 0.497 e. The van der Waals surface area contributed by atoms with Gasteiger partial charge in [0.1, 0.15) is 13.8 Å². The summed E-state index contributed by atoms with van der Waals surface area (Å²) in [5.74, 6) is 1.16. The van der Waals surface area contributed by atoms with Gasteiger partial charge >= 0.3 is 0 Å². The summed E-state index contributed by atoms with van der Waals surface area (Å²) in [5, 5.41) is 4.80. The van der Waals surface area contributed by atoms with E-state index < -0.39 is 16.1 Å². The molecule has 0 fully saturated rings. The van der Waals surface area contributed by atoms with E-state index in [1.54, 1.807) is 5.20 Å². The molecule has 1 nitrogen and oxygen atoms in total. The van der Waals surface area contributed by atoms with Crippen molar-refractivity contribution in [1.82, 2.24) is 0 Å². The fourth-order valence-electron chi connectivity index (χ4n) is 4.47. The maximum atomic E-state index is 6.23. The minimum Gasteiger partial charge on any atom is -0.497 e. The van der Waals surface area contributed by atoms with Crippen molar-refractivity contribution < 1.29 is 4.74 Å². The summed E-state index contributed by atoms with van der Waals surface area (Å²) in [7, 11) is -1.82. The van der Waals surface area contributed by atoms with Crippen LogP contribution in [0, 0.1) is 6.92 Å². The number of rotatable bonds is 5. The van der Waals surface area contributed by atoms with Crippen LogP contribution in [0.25, 0.3) is 5.57 Å². The topological polar surface area (TPSA) is 9.23 Å². The molecule has 2 aromatic rings. The van der Waals surface area contributed by atoms with Gasteiger partial charge in [-0.25, -0.2) is 0 Å². The molecule has 0 aromatic heterocycles. The first kappa shape index (κ1) is 22.8. The van der Waals surface area contributed by atoms with Crippen LogP contribution in [0.1, 0.15) is 38.3 Å². The molecule has 3 rings (SSSR count). The Morgan fingerprint density at radius 1 is 0.900 bits per heavy atom. The number of ether oxygens (including phenoxy) is 1.